The van der Waals surface area contributed by atoms with Gasteiger partial charge in [-0.25, -0.2) is 5.01 Å². The lowest BCUT2D eigenvalue weighted by molar-refractivity contribution is -0.135. The molecule has 0 saturated carbocycles. The van der Waals surface area contributed by atoms with Gasteiger partial charge in [0.05, 0.1) is 11.3 Å². The highest BCUT2D eigenvalue weighted by atomic mass is 16.3. The molecule has 0 spiro atoms. The van der Waals surface area contributed by atoms with Crippen LogP contribution in [0.5, 0.6) is 0 Å². The molecular weight excluding hydrogens is 288 g/mol. The molecule has 1 N–H and O–H groups in total. The summed E-state index contributed by atoms with van der Waals surface area (Å²) < 4.78 is 0. The molecule has 23 heavy (non-hydrogen) atoms. The summed E-state index contributed by atoms with van der Waals surface area (Å²) in [7, 11) is 0. The number of carbonyl (C=O) groups excluding carboxylic acids is 1. The lowest BCUT2D eigenvalue weighted by atomic mass is 9.81. The number of amides is 1. The topological polar surface area (TPSA) is 52.9 Å². The van der Waals surface area contributed by atoms with Crippen molar-refractivity contribution in [2.45, 2.75) is 25.3 Å². The fraction of sp³-hybridized carbons (Fsp3) is 0.263. The molecule has 4 heteroatoms. The van der Waals surface area contributed by atoms with E-state index < -0.39 is 5.54 Å². The van der Waals surface area contributed by atoms with Crippen LogP contribution in [0.25, 0.3) is 0 Å². The molecule has 1 unspecified atom stereocenters. The Kier molecular flexibility index (Phi) is 4.26. The van der Waals surface area contributed by atoms with Gasteiger partial charge < -0.3 is 5.11 Å². The van der Waals surface area contributed by atoms with E-state index in [1.165, 1.54) is 6.92 Å². The molecule has 0 aromatic heterocycles. The number of carbonyl (C=O) groups is 1. The van der Waals surface area contributed by atoms with Crippen LogP contribution >= 0.6 is 0 Å². The maximum atomic E-state index is 12.2. The summed E-state index contributed by atoms with van der Waals surface area (Å²) in [5.41, 5.74) is 2.26. The van der Waals surface area contributed by atoms with Gasteiger partial charge in [-0.2, -0.15) is 5.10 Å². The number of hydrazone groups is 1. The third-order valence-corrected chi connectivity index (χ3v) is 4.33. The van der Waals surface area contributed by atoms with E-state index in [4.69, 9.17) is 0 Å². The fourth-order valence-corrected chi connectivity index (χ4v) is 3.26. The summed E-state index contributed by atoms with van der Waals surface area (Å²) in [5.74, 6) is -0.117. The highest BCUT2D eigenvalue weighted by Crippen LogP contribution is 2.41. The van der Waals surface area contributed by atoms with Crippen molar-refractivity contribution in [1.82, 2.24) is 5.01 Å². The predicted molar refractivity (Wildman–Crippen MR) is 89.9 cm³/mol. The molecule has 1 amide bonds. The van der Waals surface area contributed by atoms with Gasteiger partial charge in [0.1, 0.15) is 0 Å². The van der Waals surface area contributed by atoms with Gasteiger partial charge in [-0.05, 0) is 11.1 Å². The molecule has 0 saturated heterocycles. The van der Waals surface area contributed by atoms with Crippen LogP contribution in [0.4, 0.5) is 0 Å². The van der Waals surface area contributed by atoms with Crippen LogP contribution < -0.4 is 0 Å². The van der Waals surface area contributed by atoms with E-state index in [1.807, 2.05) is 60.7 Å². The predicted octanol–water partition coefficient (Wildman–Crippen LogP) is 2.92. The van der Waals surface area contributed by atoms with E-state index in [1.54, 1.807) is 5.01 Å². The van der Waals surface area contributed by atoms with Gasteiger partial charge in [-0.1, -0.05) is 60.7 Å². The molecule has 1 atom stereocenters. The standard InChI is InChI=1S/C19H20N2O2/c1-15(23)21-19(12-13-22,17-10-6-3-7-11-17)14-18(20-21)16-8-4-2-5-9-16/h2-11,22H,12-14H2,1H3. The number of aliphatic hydroxyl groups excluding tert-OH is 1. The molecular formula is C19H20N2O2. The average Bonchev–Trinajstić information content (AvgIpc) is 2.98. The van der Waals surface area contributed by atoms with Crippen LogP contribution in [0.3, 0.4) is 0 Å². The van der Waals surface area contributed by atoms with Crippen molar-refractivity contribution in [3.8, 4) is 0 Å². The number of rotatable bonds is 4. The molecule has 0 fully saturated rings. The van der Waals surface area contributed by atoms with Gasteiger partial charge >= 0.3 is 0 Å². The number of hydrogen-bond acceptors (Lipinski definition) is 3. The average molecular weight is 308 g/mol. The van der Waals surface area contributed by atoms with Crippen molar-refractivity contribution < 1.29 is 9.90 Å². The second-order valence-electron chi connectivity index (χ2n) is 5.79. The van der Waals surface area contributed by atoms with Crippen molar-refractivity contribution >= 4 is 11.6 Å². The molecule has 0 aliphatic carbocycles. The number of nitrogens with zero attached hydrogens (tertiary/aromatic N) is 2. The zero-order chi connectivity index (χ0) is 16.3. The third kappa shape index (κ3) is 2.78. The molecule has 2 aromatic carbocycles. The second kappa shape index (κ2) is 6.34. The van der Waals surface area contributed by atoms with E-state index >= 15 is 0 Å². The summed E-state index contributed by atoms with van der Waals surface area (Å²) in [6, 6.07) is 19.7. The van der Waals surface area contributed by atoms with Gasteiger partial charge in [0.2, 0.25) is 5.91 Å². The zero-order valence-electron chi connectivity index (χ0n) is 13.1. The third-order valence-electron chi connectivity index (χ3n) is 4.33. The quantitative estimate of drug-likeness (QED) is 0.944. The van der Waals surface area contributed by atoms with E-state index in [-0.39, 0.29) is 12.5 Å². The molecule has 2 aromatic rings. The Morgan fingerprint density at radius 1 is 1.13 bits per heavy atom. The number of aliphatic hydroxyl groups is 1. The molecule has 0 radical (unpaired) electrons. The van der Waals surface area contributed by atoms with Crippen molar-refractivity contribution in [2.24, 2.45) is 5.10 Å². The highest BCUT2D eigenvalue weighted by Gasteiger charge is 2.45. The van der Waals surface area contributed by atoms with Crippen LogP contribution in [0.2, 0.25) is 0 Å². The van der Waals surface area contributed by atoms with E-state index in [0.717, 1.165) is 16.8 Å². The summed E-state index contributed by atoms with van der Waals surface area (Å²) in [4.78, 5) is 12.2. The first-order valence-corrected chi connectivity index (χ1v) is 7.77. The van der Waals surface area contributed by atoms with Crippen LogP contribution in [-0.4, -0.2) is 28.3 Å². The Balaban J connectivity index is 2.08. The second-order valence-corrected chi connectivity index (χ2v) is 5.79. The van der Waals surface area contributed by atoms with Crippen LogP contribution in [0.15, 0.2) is 65.8 Å². The van der Waals surface area contributed by atoms with Gasteiger partial charge in [0, 0.05) is 26.4 Å². The Hall–Kier alpha value is -2.46. The zero-order valence-corrected chi connectivity index (χ0v) is 13.1. The largest absolute Gasteiger partial charge is 0.396 e. The first kappa shape index (κ1) is 15.4. The SMILES string of the molecule is CC(=O)N1N=C(c2ccccc2)CC1(CCO)c1ccccc1. The lowest BCUT2D eigenvalue weighted by Gasteiger charge is -2.36. The molecule has 1 aliphatic rings. The molecule has 4 nitrogen and oxygen atoms in total. The minimum absolute atomic E-state index is 0.00371. The van der Waals surface area contributed by atoms with Crippen LogP contribution in [0, 0.1) is 0 Å². The van der Waals surface area contributed by atoms with Gasteiger partial charge in [-0.3, -0.25) is 4.79 Å². The Bertz CT molecular complexity index is 713. The molecule has 3 rings (SSSR count). The minimum atomic E-state index is -0.618. The van der Waals surface area contributed by atoms with E-state index in [2.05, 4.69) is 5.10 Å². The molecule has 1 heterocycles. The van der Waals surface area contributed by atoms with Crippen LogP contribution in [-0.2, 0) is 10.3 Å². The molecule has 0 bridgehead atoms. The van der Waals surface area contributed by atoms with Crippen LogP contribution in [0.1, 0.15) is 30.9 Å². The van der Waals surface area contributed by atoms with E-state index in [0.29, 0.717) is 12.8 Å². The normalized spacial score (nSPS) is 20.4. The Morgan fingerprint density at radius 3 is 2.30 bits per heavy atom. The first-order valence-electron chi connectivity index (χ1n) is 7.77. The van der Waals surface area contributed by atoms with Gasteiger partial charge in [-0.15, -0.1) is 0 Å². The lowest BCUT2D eigenvalue weighted by Crippen LogP contribution is -2.43. The summed E-state index contributed by atoms with van der Waals surface area (Å²) in [6.45, 7) is 1.52. The fourth-order valence-electron chi connectivity index (χ4n) is 3.26. The Labute approximate surface area is 136 Å². The highest BCUT2D eigenvalue weighted by molar-refractivity contribution is 6.03. The maximum absolute atomic E-state index is 12.2. The van der Waals surface area contributed by atoms with E-state index in [9.17, 15) is 9.90 Å². The van der Waals surface area contributed by atoms with Crippen molar-refractivity contribution in [3.63, 3.8) is 0 Å². The number of benzene rings is 2. The Morgan fingerprint density at radius 2 is 1.74 bits per heavy atom. The van der Waals surface area contributed by atoms with Gasteiger partial charge in [0.25, 0.3) is 0 Å². The van der Waals surface area contributed by atoms with Crippen molar-refractivity contribution in [2.75, 3.05) is 6.61 Å². The molecule has 118 valence electrons. The van der Waals surface area contributed by atoms with Crippen molar-refractivity contribution in [3.05, 3.63) is 71.8 Å². The molecule has 1 aliphatic heterocycles. The van der Waals surface area contributed by atoms with Gasteiger partial charge in [0.15, 0.2) is 0 Å². The monoisotopic (exact) mass is 308 g/mol. The number of hydrogen-bond donors (Lipinski definition) is 1. The van der Waals surface area contributed by atoms with Crippen molar-refractivity contribution in [1.29, 1.82) is 0 Å². The summed E-state index contributed by atoms with van der Waals surface area (Å²) >= 11 is 0. The smallest absolute Gasteiger partial charge is 0.240 e. The maximum Gasteiger partial charge on any atom is 0.240 e. The first-order chi connectivity index (χ1) is 11.2. The summed E-state index contributed by atoms with van der Waals surface area (Å²) in [5, 5.41) is 15.8. The summed E-state index contributed by atoms with van der Waals surface area (Å²) in [6.07, 6.45) is 1.05. The minimum Gasteiger partial charge on any atom is -0.396 e.